The van der Waals surface area contributed by atoms with Crippen molar-refractivity contribution in [3.8, 4) is 0 Å². The van der Waals surface area contributed by atoms with Crippen LogP contribution in [0.2, 0.25) is 0 Å². The molecular formula is C20H24N2O5. The van der Waals surface area contributed by atoms with Gasteiger partial charge in [0.2, 0.25) is 11.8 Å². The summed E-state index contributed by atoms with van der Waals surface area (Å²) < 4.78 is 10.4. The van der Waals surface area contributed by atoms with Crippen molar-refractivity contribution in [3.05, 3.63) is 52.8 Å². The molecule has 2 aromatic rings. The second kappa shape index (κ2) is 9.14. The van der Waals surface area contributed by atoms with Crippen molar-refractivity contribution in [1.82, 2.24) is 5.32 Å². The molecule has 1 atom stereocenters. The minimum absolute atomic E-state index is 0.00742. The lowest BCUT2D eigenvalue weighted by Gasteiger charge is -2.13. The molecule has 144 valence electrons. The van der Waals surface area contributed by atoms with Gasteiger partial charge in [0.1, 0.15) is 11.3 Å². The van der Waals surface area contributed by atoms with Crippen molar-refractivity contribution in [2.24, 2.45) is 0 Å². The number of benzene rings is 1. The Labute approximate surface area is 158 Å². The standard InChI is InChI=1S/C20H24N2O5/c1-5-26-20(25)18-17(13(3)23)14(4)27-19(18)22-16(24)11-21-12(2)15-9-7-6-8-10-15/h6-10,12,21H,5,11H2,1-4H3,(H,22,24)/t12-/m0/s1. The number of ether oxygens (including phenoxy) is 1. The van der Waals surface area contributed by atoms with Gasteiger partial charge in [0.15, 0.2) is 5.78 Å². The topological polar surface area (TPSA) is 97.6 Å². The fraction of sp³-hybridized carbons (Fsp3) is 0.350. The number of carbonyl (C=O) groups excluding carboxylic acids is 3. The molecule has 0 spiro atoms. The van der Waals surface area contributed by atoms with Gasteiger partial charge < -0.3 is 14.5 Å². The van der Waals surface area contributed by atoms with E-state index in [0.29, 0.717) is 0 Å². The molecule has 7 heteroatoms. The molecule has 1 amide bonds. The predicted octanol–water partition coefficient (Wildman–Crippen LogP) is 3.26. The number of ketones is 1. The molecule has 0 aliphatic heterocycles. The lowest BCUT2D eigenvalue weighted by molar-refractivity contribution is -0.115. The molecule has 1 aromatic carbocycles. The SMILES string of the molecule is CCOC(=O)c1c(NC(=O)CN[C@@H](C)c2ccccc2)oc(C)c1C(C)=O. The summed E-state index contributed by atoms with van der Waals surface area (Å²) >= 11 is 0. The van der Waals surface area contributed by atoms with Gasteiger partial charge in [-0.2, -0.15) is 0 Å². The Balaban J connectivity index is 2.12. The van der Waals surface area contributed by atoms with Crippen molar-refractivity contribution in [2.75, 3.05) is 18.5 Å². The third-order valence-corrected chi connectivity index (χ3v) is 4.04. The summed E-state index contributed by atoms with van der Waals surface area (Å²) in [5.41, 5.74) is 1.12. The van der Waals surface area contributed by atoms with Crippen LogP contribution in [0.4, 0.5) is 5.88 Å². The predicted molar refractivity (Wildman–Crippen MR) is 101 cm³/mol. The van der Waals surface area contributed by atoms with Crippen LogP contribution in [-0.4, -0.2) is 30.8 Å². The van der Waals surface area contributed by atoms with Gasteiger partial charge in [0.05, 0.1) is 18.7 Å². The highest BCUT2D eigenvalue weighted by molar-refractivity contribution is 6.10. The summed E-state index contributed by atoms with van der Waals surface area (Å²) in [7, 11) is 0. The minimum Gasteiger partial charge on any atom is -0.462 e. The van der Waals surface area contributed by atoms with Crippen molar-refractivity contribution >= 4 is 23.5 Å². The molecule has 0 radical (unpaired) electrons. The first-order valence-corrected chi connectivity index (χ1v) is 8.74. The van der Waals surface area contributed by atoms with Crippen LogP contribution < -0.4 is 10.6 Å². The molecule has 1 aromatic heterocycles. The summed E-state index contributed by atoms with van der Waals surface area (Å²) in [5.74, 6) is -1.26. The van der Waals surface area contributed by atoms with Gasteiger partial charge in [0, 0.05) is 6.04 Å². The number of carbonyl (C=O) groups is 3. The van der Waals surface area contributed by atoms with E-state index in [2.05, 4.69) is 10.6 Å². The average molecular weight is 372 g/mol. The second-order valence-corrected chi connectivity index (χ2v) is 6.08. The Morgan fingerprint density at radius 2 is 1.81 bits per heavy atom. The van der Waals surface area contributed by atoms with Crippen molar-refractivity contribution in [3.63, 3.8) is 0 Å². The Bertz CT molecular complexity index is 826. The molecule has 7 nitrogen and oxygen atoms in total. The van der Waals surface area contributed by atoms with E-state index in [1.54, 1.807) is 13.8 Å². The number of amides is 1. The van der Waals surface area contributed by atoms with E-state index in [9.17, 15) is 14.4 Å². The van der Waals surface area contributed by atoms with Gasteiger partial charge in [0.25, 0.3) is 0 Å². The van der Waals surface area contributed by atoms with Crippen molar-refractivity contribution in [2.45, 2.75) is 33.7 Å². The smallest absolute Gasteiger partial charge is 0.344 e. The molecular weight excluding hydrogens is 348 g/mol. The Morgan fingerprint density at radius 1 is 1.15 bits per heavy atom. The molecule has 2 N–H and O–H groups in total. The number of hydrogen-bond acceptors (Lipinski definition) is 6. The van der Waals surface area contributed by atoms with E-state index >= 15 is 0 Å². The molecule has 0 fully saturated rings. The Morgan fingerprint density at radius 3 is 2.41 bits per heavy atom. The van der Waals surface area contributed by atoms with Crippen LogP contribution in [0, 0.1) is 6.92 Å². The quantitative estimate of drug-likeness (QED) is 0.545. The number of furan rings is 1. The number of rotatable bonds is 8. The van der Waals surface area contributed by atoms with Crippen LogP contribution in [0.5, 0.6) is 0 Å². The Kier molecular flexibility index (Phi) is 6.90. The highest BCUT2D eigenvalue weighted by Crippen LogP contribution is 2.28. The third-order valence-electron chi connectivity index (χ3n) is 4.04. The maximum Gasteiger partial charge on any atom is 0.344 e. The zero-order valence-corrected chi connectivity index (χ0v) is 15.9. The van der Waals surface area contributed by atoms with E-state index < -0.39 is 11.9 Å². The normalized spacial score (nSPS) is 11.7. The number of Topliss-reactive ketones (excluding diaryl/α,β-unsaturated/α-hetero) is 1. The number of nitrogens with one attached hydrogen (secondary N) is 2. The molecule has 0 saturated carbocycles. The number of aryl methyl sites for hydroxylation is 1. The van der Waals surface area contributed by atoms with Gasteiger partial charge in [-0.05, 0) is 33.3 Å². The van der Waals surface area contributed by atoms with Gasteiger partial charge in [-0.15, -0.1) is 0 Å². The van der Waals surface area contributed by atoms with E-state index in [0.717, 1.165) is 5.56 Å². The summed E-state index contributed by atoms with van der Waals surface area (Å²) in [6.07, 6.45) is 0. The first-order chi connectivity index (χ1) is 12.8. The zero-order chi connectivity index (χ0) is 20.0. The molecule has 0 aliphatic rings. The molecule has 0 saturated heterocycles. The van der Waals surface area contributed by atoms with Crippen molar-refractivity contribution < 1.29 is 23.5 Å². The van der Waals surface area contributed by atoms with E-state index in [4.69, 9.17) is 9.15 Å². The van der Waals surface area contributed by atoms with Gasteiger partial charge >= 0.3 is 5.97 Å². The van der Waals surface area contributed by atoms with Gasteiger partial charge in [-0.3, -0.25) is 14.9 Å². The van der Waals surface area contributed by atoms with Crippen LogP contribution in [0.15, 0.2) is 34.7 Å². The maximum absolute atomic E-state index is 12.3. The Hall–Kier alpha value is -2.93. The fourth-order valence-electron chi connectivity index (χ4n) is 2.73. The number of anilines is 1. The zero-order valence-electron chi connectivity index (χ0n) is 15.9. The molecule has 0 unspecified atom stereocenters. The van der Waals surface area contributed by atoms with Crippen molar-refractivity contribution in [1.29, 1.82) is 0 Å². The third kappa shape index (κ3) is 5.04. The second-order valence-electron chi connectivity index (χ2n) is 6.08. The lowest BCUT2D eigenvalue weighted by Crippen LogP contribution is -2.30. The molecule has 0 bridgehead atoms. The highest BCUT2D eigenvalue weighted by Gasteiger charge is 2.28. The number of esters is 1. The summed E-state index contributed by atoms with van der Waals surface area (Å²) in [6, 6.07) is 9.66. The molecule has 2 rings (SSSR count). The lowest BCUT2D eigenvalue weighted by atomic mass is 10.1. The average Bonchev–Trinajstić information content (AvgIpc) is 2.96. The van der Waals surface area contributed by atoms with Gasteiger partial charge in [-0.1, -0.05) is 30.3 Å². The summed E-state index contributed by atoms with van der Waals surface area (Å²) in [4.78, 5) is 36.4. The van der Waals surface area contributed by atoms with E-state index in [-0.39, 0.29) is 47.7 Å². The minimum atomic E-state index is -0.708. The molecule has 27 heavy (non-hydrogen) atoms. The van der Waals surface area contributed by atoms with Crippen LogP contribution >= 0.6 is 0 Å². The summed E-state index contributed by atoms with van der Waals surface area (Å²) in [6.45, 7) is 6.64. The first kappa shape index (κ1) is 20.4. The highest BCUT2D eigenvalue weighted by atomic mass is 16.5. The van der Waals surface area contributed by atoms with Crippen LogP contribution in [0.25, 0.3) is 0 Å². The van der Waals surface area contributed by atoms with E-state index in [1.165, 1.54) is 6.92 Å². The van der Waals surface area contributed by atoms with Crippen LogP contribution in [0.3, 0.4) is 0 Å². The van der Waals surface area contributed by atoms with Gasteiger partial charge in [-0.25, -0.2) is 4.79 Å². The van der Waals surface area contributed by atoms with Crippen LogP contribution in [-0.2, 0) is 9.53 Å². The fourth-order valence-corrected chi connectivity index (χ4v) is 2.73. The first-order valence-electron chi connectivity index (χ1n) is 8.74. The molecule has 1 heterocycles. The number of hydrogen-bond donors (Lipinski definition) is 2. The molecule has 0 aliphatic carbocycles. The largest absolute Gasteiger partial charge is 0.462 e. The summed E-state index contributed by atoms with van der Waals surface area (Å²) in [5, 5.41) is 5.65. The maximum atomic E-state index is 12.3. The van der Waals surface area contributed by atoms with E-state index in [1.807, 2.05) is 37.3 Å². The monoisotopic (exact) mass is 372 g/mol. The van der Waals surface area contributed by atoms with Crippen LogP contribution in [0.1, 0.15) is 58.9 Å².